The van der Waals surface area contributed by atoms with Gasteiger partial charge in [0.2, 0.25) is 5.91 Å². The van der Waals surface area contributed by atoms with Gasteiger partial charge in [-0.3, -0.25) is 4.79 Å². The number of furan rings is 1. The number of likely N-dealkylation sites (N-methyl/N-ethyl adjacent to an activating group) is 1. The van der Waals surface area contributed by atoms with Gasteiger partial charge in [-0.15, -0.1) is 10.2 Å². The van der Waals surface area contributed by atoms with E-state index in [1.165, 1.54) is 0 Å². The number of fused-ring (bicyclic) bond motifs is 1. The standard InChI is InChI=1S/C17H25N5O2/c1-3-15-19-20-16-7-6-13(11-22(15)16)9-18-10-17(23)21(2)12-14-5-4-8-24-14/h4-5,8,13,18H,3,6-7,9-12H2,1-2H3. The lowest BCUT2D eigenvalue weighted by molar-refractivity contribution is -0.129. The highest BCUT2D eigenvalue weighted by atomic mass is 16.3. The molecule has 1 amide bonds. The summed E-state index contributed by atoms with van der Waals surface area (Å²) < 4.78 is 7.51. The van der Waals surface area contributed by atoms with Crippen LogP contribution in [0.3, 0.4) is 0 Å². The fraction of sp³-hybridized carbons (Fsp3) is 0.588. The van der Waals surface area contributed by atoms with Crippen LogP contribution in [-0.2, 0) is 30.7 Å². The topological polar surface area (TPSA) is 76.2 Å². The van der Waals surface area contributed by atoms with Crippen LogP contribution in [0.2, 0.25) is 0 Å². The van der Waals surface area contributed by atoms with Crippen molar-refractivity contribution in [2.45, 2.75) is 39.3 Å². The van der Waals surface area contributed by atoms with Crippen LogP contribution >= 0.6 is 0 Å². The molecule has 1 atom stereocenters. The molecule has 1 aliphatic heterocycles. The molecular formula is C17H25N5O2. The maximum absolute atomic E-state index is 12.2. The van der Waals surface area contributed by atoms with E-state index in [9.17, 15) is 4.79 Å². The van der Waals surface area contributed by atoms with Gasteiger partial charge in [-0.25, -0.2) is 0 Å². The fourth-order valence-electron chi connectivity index (χ4n) is 3.12. The first kappa shape index (κ1) is 16.7. The van der Waals surface area contributed by atoms with Gasteiger partial charge in [-0.1, -0.05) is 6.92 Å². The number of hydrogen-bond donors (Lipinski definition) is 1. The first-order valence-corrected chi connectivity index (χ1v) is 8.55. The molecule has 0 fully saturated rings. The average Bonchev–Trinajstić information content (AvgIpc) is 3.23. The maximum atomic E-state index is 12.2. The Labute approximate surface area is 142 Å². The van der Waals surface area contributed by atoms with E-state index < -0.39 is 0 Å². The predicted octanol–water partition coefficient (Wildman–Crippen LogP) is 1.24. The van der Waals surface area contributed by atoms with Gasteiger partial charge in [0.05, 0.1) is 19.4 Å². The van der Waals surface area contributed by atoms with Gasteiger partial charge in [0.25, 0.3) is 0 Å². The third-order valence-electron chi connectivity index (χ3n) is 4.55. The number of aryl methyl sites for hydroxylation is 2. The van der Waals surface area contributed by atoms with E-state index in [0.29, 0.717) is 19.0 Å². The molecule has 1 unspecified atom stereocenters. The number of rotatable bonds is 7. The zero-order valence-electron chi connectivity index (χ0n) is 14.4. The van der Waals surface area contributed by atoms with Crippen LogP contribution in [0.15, 0.2) is 22.8 Å². The molecular weight excluding hydrogens is 306 g/mol. The largest absolute Gasteiger partial charge is 0.467 e. The van der Waals surface area contributed by atoms with Gasteiger partial charge >= 0.3 is 0 Å². The molecule has 0 saturated heterocycles. The van der Waals surface area contributed by atoms with Gasteiger partial charge in [0.1, 0.15) is 17.4 Å². The van der Waals surface area contributed by atoms with E-state index >= 15 is 0 Å². The summed E-state index contributed by atoms with van der Waals surface area (Å²) in [7, 11) is 1.80. The van der Waals surface area contributed by atoms with Crippen LogP contribution in [-0.4, -0.2) is 45.7 Å². The second kappa shape index (κ2) is 7.61. The summed E-state index contributed by atoms with van der Waals surface area (Å²) in [6.45, 7) is 4.73. The number of carbonyl (C=O) groups excluding carboxylic acids is 1. The molecule has 1 N–H and O–H groups in total. The molecule has 7 nitrogen and oxygen atoms in total. The molecule has 24 heavy (non-hydrogen) atoms. The zero-order chi connectivity index (χ0) is 16.9. The van der Waals surface area contributed by atoms with Crippen molar-refractivity contribution < 1.29 is 9.21 Å². The van der Waals surface area contributed by atoms with Crippen molar-refractivity contribution >= 4 is 5.91 Å². The molecule has 0 radical (unpaired) electrons. The molecule has 3 rings (SSSR count). The molecule has 2 aromatic rings. The summed E-state index contributed by atoms with van der Waals surface area (Å²) in [6, 6.07) is 3.71. The zero-order valence-corrected chi connectivity index (χ0v) is 14.4. The van der Waals surface area contributed by atoms with Crippen LogP contribution in [0.4, 0.5) is 0 Å². The van der Waals surface area contributed by atoms with Gasteiger partial charge in [-0.05, 0) is 24.5 Å². The van der Waals surface area contributed by atoms with Crippen LogP contribution in [0.1, 0.15) is 30.8 Å². The molecule has 0 aromatic carbocycles. The maximum Gasteiger partial charge on any atom is 0.236 e. The number of nitrogens with zero attached hydrogens (tertiary/aromatic N) is 4. The fourth-order valence-corrected chi connectivity index (χ4v) is 3.12. The van der Waals surface area contributed by atoms with Crippen molar-refractivity contribution in [1.82, 2.24) is 25.0 Å². The molecule has 0 aliphatic carbocycles. The number of amides is 1. The monoisotopic (exact) mass is 331 g/mol. The summed E-state index contributed by atoms with van der Waals surface area (Å²) in [5.74, 6) is 3.54. The minimum Gasteiger partial charge on any atom is -0.467 e. The van der Waals surface area contributed by atoms with Gasteiger partial charge < -0.3 is 19.2 Å². The van der Waals surface area contributed by atoms with Crippen molar-refractivity contribution in [3.8, 4) is 0 Å². The highest BCUT2D eigenvalue weighted by Gasteiger charge is 2.22. The van der Waals surface area contributed by atoms with Gasteiger partial charge in [0.15, 0.2) is 0 Å². The van der Waals surface area contributed by atoms with Crippen molar-refractivity contribution in [3.63, 3.8) is 0 Å². The lowest BCUT2D eigenvalue weighted by Crippen LogP contribution is -2.38. The summed E-state index contributed by atoms with van der Waals surface area (Å²) in [5.41, 5.74) is 0. The Hall–Kier alpha value is -2.15. The summed E-state index contributed by atoms with van der Waals surface area (Å²) in [4.78, 5) is 13.8. The Morgan fingerprint density at radius 2 is 2.38 bits per heavy atom. The first-order chi connectivity index (χ1) is 11.7. The van der Waals surface area contributed by atoms with Crippen LogP contribution in [0.5, 0.6) is 0 Å². The second-order valence-electron chi connectivity index (χ2n) is 6.36. The van der Waals surface area contributed by atoms with E-state index in [4.69, 9.17) is 4.42 Å². The van der Waals surface area contributed by atoms with Crippen molar-refractivity contribution in [2.24, 2.45) is 5.92 Å². The van der Waals surface area contributed by atoms with Crippen molar-refractivity contribution in [1.29, 1.82) is 0 Å². The van der Waals surface area contributed by atoms with Crippen LogP contribution < -0.4 is 5.32 Å². The molecule has 0 bridgehead atoms. The highest BCUT2D eigenvalue weighted by molar-refractivity contribution is 5.77. The lowest BCUT2D eigenvalue weighted by Gasteiger charge is -2.25. The van der Waals surface area contributed by atoms with Gasteiger partial charge in [0, 0.05) is 33.0 Å². The number of aromatic nitrogens is 3. The van der Waals surface area contributed by atoms with Gasteiger partial charge in [-0.2, -0.15) is 0 Å². The van der Waals surface area contributed by atoms with E-state index in [1.807, 2.05) is 12.1 Å². The van der Waals surface area contributed by atoms with Crippen molar-refractivity contribution in [3.05, 3.63) is 35.8 Å². The number of nitrogens with one attached hydrogen (secondary N) is 1. The summed E-state index contributed by atoms with van der Waals surface area (Å²) in [6.07, 6.45) is 4.58. The number of hydrogen-bond acceptors (Lipinski definition) is 5. The molecule has 0 saturated carbocycles. The average molecular weight is 331 g/mol. The molecule has 3 heterocycles. The van der Waals surface area contributed by atoms with Crippen molar-refractivity contribution in [2.75, 3.05) is 20.1 Å². The Kier molecular flexibility index (Phi) is 5.30. The van der Waals surface area contributed by atoms with E-state index in [-0.39, 0.29) is 5.91 Å². The molecule has 130 valence electrons. The predicted molar refractivity (Wildman–Crippen MR) is 89.3 cm³/mol. The van der Waals surface area contributed by atoms with E-state index in [0.717, 1.165) is 49.8 Å². The Balaban J connectivity index is 1.42. The minimum atomic E-state index is 0.0708. The SMILES string of the molecule is CCc1nnc2n1CC(CNCC(=O)N(C)Cc1ccco1)CC2. The quantitative estimate of drug-likeness (QED) is 0.826. The Morgan fingerprint density at radius 3 is 3.12 bits per heavy atom. The highest BCUT2D eigenvalue weighted by Crippen LogP contribution is 2.19. The van der Waals surface area contributed by atoms with Crippen LogP contribution in [0, 0.1) is 5.92 Å². The summed E-state index contributed by atoms with van der Waals surface area (Å²) >= 11 is 0. The smallest absolute Gasteiger partial charge is 0.236 e. The first-order valence-electron chi connectivity index (χ1n) is 8.55. The minimum absolute atomic E-state index is 0.0708. The van der Waals surface area contributed by atoms with E-state index in [1.54, 1.807) is 18.2 Å². The molecule has 2 aromatic heterocycles. The summed E-state index contributed by atoms with van der Waals surface area (Å²) in [5, 5.41) is 11.8. The Bertz CT molecular complexity index is 651. The molecule has 1 aliphatic rings. The lowest BCUT2D eigenvalue weighted by atomic mass is 9.99. The normalized spacial score (nSPS) is 16.8. The molecule has 7 heteroatoms. The van der Waals surface area contributed by atoms with Crippen LogP contribution in [0.25, 0.3) is 0 Å². The Morgan fingerprint density at radius 1 is 1.50 bits per heavy atom. The third kappa shape index (κ3) is 3.84. The van der Waals surface area contributed by atoms with E-state index in [2.05, 4.69) is 27.0 Å². The second-order valence-corrected chi connectivity index (χ2v) is 6.36. The number of carbonyl (C=O) groups is 1. The third-order valence-corrected chi connectivity index (χ3v) is 4.55. The molecule has 0 spiro atoms.